The highest BCUT2D eigenvalue weighted by atomic mass is 35.5. The molecule has 3 aromatic rings. The molecule has 0 aliphatic heterocycles. The number of hydrogen-bond acceptors (Lipinski definition) is 2. The van der Waals surface area contributed by atoms with Crippen molar-refractivity contribution in [2.75, 3.05) is 5.73 Å². The Kier molecular flexibility index (Phi) is 2.45. The van der Waals surface area contributed by atoms with Crippen LogP contribution in [0.1, 0.15) is 0 Å². The van der Waals surface area contributed by atoms with Gasteiger partial charge in [0.1, 0.15) is 11.6 Å². The van der Waals surface area contributed by atoms with Crippen molar-refractivity contribution in [3.05, 3.63) is 47.2 Å². The largest absolute Gasteiger partial charge is 0.399 e. The second-order valence-electron chi connectivity index (χ2n) is 3.96. The summed E-state index contributed by atoms with van der Waals surface area (Å²) in [4.78, 5) is 7.44. The van der Waals surface area contributed by atoms with E-state index in [0.29, 0.717) is 17.1 Å². The Balaban J connectivity index is 2.22. The summed E-state index contributed by atoms with van der Waals surface area (Å²) < 4.78 is 13.4. The lowest BCUT2D eigenvalue weighted by atomic mass is 10.2. The summed E-state index contributed by atoms with van der Waals surface area (Å²) in [6, 6.07) is 9.97. The normalized spacial score (nSPS) is 11.0. The summed E-state index contributed by atoms with van der Waals surface area (Å²) in [5.74, 6) is 0.0641. The first-order valence-corrected chi connectivity index (χ1v) is 5.72. The Hall–Kier alpha value is -2.07. The minimum Gasteiger partial charge on any atom is -0.399 e. The number of aromatic nitrogens is 2. The minimum absolute atomic E-state index is 0.0597. The fourth-order valence-corrected chi connectivity index (χ4v) is 2.06. The Morgan fingerprint density at radius 1 is 1.22 bits per heavy atom. The number of halogens is 2. The quantitative estimate of drug-likeness (QED) is 0.658. The van der Waals surface area contributed by atoms with Gasteiger partial charge in [0.15, 0.2) is 0 Å². The number of benzene rings is 2. The van der Waals surface area contributed by atoms with Crippen LogP contribution in [0.25, 0.3) is 22.4 Å². The molecule has 1 aromatic heterocycles. The number of nitrogens with one attached hydrogen (secondary N) is 1. The van der Waals surface area contributed by atoms with Gasteiger partial charge in [-0.05, 0) is 30.3 Å². The maximum Gasteiger partial charge on any atom is 0.142 e. The molecule has 0 aliphatic rings. The Morgan fingerprint density at radius 2 is 2.06 bits per heavy atom. The van der Waals surface area contributed by atoms with Crippen LogP contribution in [0.15, 0.2) is 36.4 Å². The van der Waals surface area contributed by atoms with Crippen LogP contribution in [0.2, 0.25) is 5.02 Å². The highest BCUT2D eigenvalue weighted by Gasteiger charge is 2.11. The van der Waals surface area contributed by atoms with Gasteiger partial charge in [-0.2, -0.15) is 0 Å². The molecule has 2 aromatic carbocycles. The van der Waals surface area contributed by atoms with Gasteiger partial charge in [0.05, 0.1) is 16.1 Å². The van der Waals surface area contributed by atoms with Crippen molar-refractivity contribution < 1.29 is 4.39 Å². The number of anilines is 1. The molecule has 0 aliphatic carbocycles. The molecule has 0 saturated carbocycles. The van der Waals surface area contributed by atoms with Gasteiger partial charge in [0.25, 0.3) is 0 Å². The lowest BCUT2D eigenvalue weighted by Crippen LogP contribution is -1.85. The van der Waals surface area contributed by atoms with E-state index in [4.69, 9.17) is 17.3 Å². The monoisotopic (exact) mass is 261 g/mol. The predicted molar refractivity (Wildman–Crippen MR) is 70.9 cm³/mol. The Labute approximate surface area is 107 Å². The lowest BCUT2D eigenvalue weighted by Gasteiger charge is -2.00. The van der Waals surface area contributed by atoms with E-state index in [1.54, 1.807) is 30.3 Å². The van der Waals surface area contributed by atoms with Gasteiger partial charge in [-0.3, -0.25) is 0 Å². The third-order valence-corrected chi connectivity index (χ3v) is 3.10. The van der Waals surface area contributed by atoms with Crippen LogP contribution < -0.4 is 5.73 Å². The molecular formula is C13H9ClFN3. The first-order valence-electron chi connectivity index (χ1n) is 5.35. The Morgan fingerprint density at radius 3 is 2.89 bits per heavy atom. The third-order valence-electron chi connectivity index (χ3n) is 2.71. The van der Waals surface area contributed by atoms with Crippen LogP contribution in [0, 0.1) is 5.82 Å². The maximum absolute atomic E-state index is 13.4. The molecule has 0 saturated heterocycles. The van der Waals surface area contributed by atoms with Crippen LogP contribution in [0.4, 0.5) is 10.1 Å². The fraction of sp³-hybridized carbons (Fsp3) is 0. The average molecular weight is 262 g/mol. The summed E-state index contributed by atoms with van der Waals surface area (Å²) in [7, 11) is 0. The molecule has 0 bridgehead atoms. The topological polar surface area (TPSA) is 54.7 Å². The molecule has 3 rings (SSSR count). The smallest absolute Gasteiger partial charge is 0.142 e. The van der Waals surface area contributed by atoms with Crippen LogP contribution >= 0.6 is 11.6 Å². The highest BCUT2D eigenvalue weighted by Crippen LogP contribution is 2.29. The molecule has 0 amide bonds. The van der Waals surface area contributed by atoms with Gasteiger partial charge in [0.2, 0.25) is 0 Å². The molecule has 90 valence electrons. The molecule has 18 heavy (non-hydrogen) atoms. The van der Waals surface area contributed by atoms with Crippen LogP contribution in [-0.4, -0.2) is 9.97 Å². The molecule has 0 spiro atoms. The van der Waals surface area contributed by atoms with Crippen molar-refractivity contribution in [2.45, 2.75) is 0 Å². The second kappa shape index (κ2) is 3.99. The number of hydrogen-bond donors (Lipinski definition) is 2. The van der Waals surface area contributed by atoms with Crippen molar-refractivity contribution in [3.8, 4) is 11.4 Å². The molecular weight excluding hydrogens is 253 g/mol. The van der Waals surface area contributed by atoms with Crippen molar-refractivity contribution in [2.24, 2.45) is 0 Å². The zero-order valence-corrected chi connectivity index (χ0v) is 10.0. The number of nitrogens with zero attached hydrogens (tertiary/aromatic N) is 1. The highest BCUT2D eigenvalue weighted by molar-refractivity contribution is 6.33. The van der Waals surface area contributed by atoms with E-state index in [2.05, 4.69) is 9.97 Å². The predicted octanol–water partition coefficient (Wildman–Crippen LogP) is 3.60. The average Bonchev–Trinajstić information content (AvgIpc) is 2.75. The number of nitrogens with two attached hydrogens (primary N) is 1. The molecule has 5 heteroatoms. The molecule has 3 N–H and O–H groups in total. The molecule has 1 heterocycles. The minimum atomic E-state index is -0.464. The summed E-state index contributed by atoms with van der Waals surface area (Å²) >= 11 is 5.93. The second-order valence-corrected chi connectivity index (χ2v) is 4.34. The number of imidazole rings is 1. The van der Waals surface area contributed by atoms with E-state index in [0.717, 1.165) is 11.0 Å². The lowest BCUT2D eigenvalue weighted by molar-refractivity contribution is 0.628. The van der Waals surface area contributed by atoms with E-state index in [1.807, 2.05) is 0 Å². The van der Waals surface area contributed by atoms with Gasteiger partial charge < -0.3 is 10.7 Å². The molecule has 0 atom stereocenters. The Bertz CT molecular complexity index is 736. The van der Waals surface area contributed by atoms with Gasteiger partial charge >= 0.3 is 0 Å². The maximum atomic E-state index is 13.4. The van der Waals surface area contributed by atoms with Gasteiger partial charge in [0, 0.05) is 11.3 Å². The molecule has 0 radical (unpaired) electrons. The standard InChI is InChI=1S/C13H9ClFN3/c14-12-8(2-1-3-9(12)15)13-17-10-5-4-7(16)6-11(10)18-13/h1-6H,16H2,(H,17,18). The van der Waals surface area contributed by atoms with Gasteiger partial charge in [-0.1, -0.05) is 17.7 Å². The van der Waals surface area contributed by atoms with Crippen LogP contribution in [0.3, 0.4) is 0 Å². The van der Waals surface area contributed by atoms with Crippen molar-refractivity contribution in [3.63, 3.8) is 0 Å². The summed E-state index contributed by atoms with van der Waals surface area (Å²) in [5, 5.41) is 0.0597. The van der Waals surface area contributed by atoms with Gasteiger partial charge in [-0.25, -0.2) is 9.37 Å². The number of rotatable bonds is 1. The van der Waals surface area contributed by atoms with E-state index < -0.39 is 5.82 Å². The van der Waals surface area contributed by atoms with E-state index in [-0.39, 0.29) is 5.02 Å². The van der Waals surface area contributed by atoms with Crippen molar-refractivity contribution >= 4 is 28.3 Å². The number of aromatic amines is 1. The van der Waals surface area contributed by atoms with E-state index in [9.17, 15) is 4.39 Å². The molecule has 3 nitrogen and oxygen atoms in total. The van der Waals surface area contributed by atoms with Crippen molar-refractivity contribution in [1.29, 1.82) is 0 Å². The summed E-state index contributed by atoms with van der Waals surface area (Å²) in [6.45, 7) is 0. The SMILES string of the molecule is Nc1ccc2nc(-c3cccc(F)c3Cl)[nH]c2c1. The first-order chi connectivity index (χ1) is 8.65. The van der Waals surface area contributed by atoms with E-state index in [1.165, 1.54) is 6.07 Å². The summed E-state index contributed by atoms with van der Waals surface area (Å²) in [5.41, 5.74) is 8.43. The molecule has 0 fully saturated rings. The fourth-order valence-electron chi connectivity index (χ4n) is 1.84. The zero-order valence-electron chi connectivity index (χ0n) is 9.24. The van der Waals surface area contributed by atoms with Crippen LogP contribution in [-0.2, 0) is 0 Å². The third kappa shape index (κ3) is 1.71. The summed E-state index contributed by atoms with van der Waals surface area (Å²) in [6.07, 6.45) is 0. The number of nitrogen functional groups attached to an aromatic ring is 1. The number of fused-ring (bicyclic) bond motifs is 1. The zero-order chi connectivity index (χ0) is 12.7. The van der Waals surface area contributed by atoms with Crippen LogP contribution in [0.5, 0.6) is 0 Å². The van der Waals surface area contributed by atoms with Crippen molar-refractivity contribution in [1.82, 2.24) is 9.97 Å². The van der Waals surface area contributed by atoms with E-state index >= 15 is 0 Å². The first kappa shape index (κ1) is 11.0. The van der Waals surface area contributed by atoms with Gasteiger partial charge in [-0.15, -0.1) is 0 Å². The number of H-pyrrole nitrogens is 1. The molecule has 0 unspecified atom stereocenters.